The molecule has 1 fully saturated rings. The quantitative estimate of drug-likeness (QED) is 0.892. The van der Waals surface area contributed by atoms with E-state index in [-0.39, 0.29) is 0 Å². The molecule has 0 aliphatic carbocycles. The summed E-state index contributed by atoms with van der Waals surface area (Å²) in [6, 6.07) is 10.5. The summed E-state index contributed by atoms with van der Waals surface area (Å²) in [5.74, 6) is 2.14. The lowest BCUT2D eigenvalue weighted by Gasteiger charge is -2.20. The lowest BCUT2D eigenvalue weighted by Crippen LogP contribution is -2.28. The normalized spacial score (nSPS) is 19.4. The van der Waals surface area contributed by atoms with Crippen LogP contribution in [0.25, 0.3) is 11.3 Å². The molecule has 3 rings (SSSR count). The second-order valence-electron chi connectivity index (χ2n) is 5.95. The Morgan fingerprint density at radius 3 is 2.65 bits per heavy atom. The molecule has 1 aromatic heterocycles. The topological polar surface area (TPSA) is 40.7 Å². The third-order valence-electron chi connectivity index (χ3n) is 4.06. The Bertz CT molecular complexity index is 551. The van der Waals surface area contributed by atoms with Crippen molar-refractivity contribution in [2.75, 3.05) is 13.1 Å². The van der Waals surface area contributed by atoms with Crippen LogP contribution in [0.15, 0.2) is 30.3 Å². The maximum Gasteiger partial charge on any atom is 0.111 e. The zero-order valence-electron chi connectivity index (χ0n) is 12.3. The van der Waals surface area contributed by atoms with Crippen LogP contribution in [0.4, 0.5) is 0 Å². The summed E-state index contributed by atoms with van der Waals surface area (Å²) in [7, 11) is 0. The molecule has 0 spiro atoms. The minimum atomic E-state index is 0.461. The van der Waals surface area contributed by atoms with Crippen molar-refractivity contribution in [1.29, 1.82) is 0 Å². The summed E-state index contributed by atoms with van der Waals surface area (Å²) in [5, 5.41) is 3.47. The van der Waals surface area contributed by atoms with Crippen molar-refractivity contribution in [2.24, 2.45) is 0 Å². The average molecular weight is 269 g/mol. The number of H-pyrrole nitrogens is 1. The highest BCUT2D eigenvalue weighted by Gasteiger charge is 2.22. The Balaban J connectivity index is 1.98. The van der Waals surface area contributed by atoms with Crippen LogP contribution in [0.3, 0.4) is 0 Å². The van der Waals surface area contributed by atoms with Gasteiger partial charge in [-0.15, -0.1) is 0 Å². The minimum absolute atomic E-state index is 0.461. The number of rotatable bonds is 3. The molecule has 1 aliphatic rings. The number of aromatic nitrogens is 2. The molecule has 1 saturated heterocycles. The molecule has 1 atom stereocenters. The van der Waals surface area contributed by atoms with Crippen LogP contribution in [-0.2, 0) is 0 Å². The van der Waals surface area contributed by atoms with Gasteiger partial charge in [0.25, 0.3) is 0 Å². The van der Waals surface area contributed by atoms with Gasteiger partial charge in [-0.25, -0.2) is 4.98 Å². The molecule has 1 aliphatic heterocycles. The van der Waals surface area contributed by atoms with Gasteiger partial charge in [-0.2, -0.15) is 0 Å². The van der Waals surface area contributed by atoms with Crippen LogP contribution in [0.1, 0.15) is 50.0 Å². The van der Waals surface area contributed by atoms with E-state index in [2.05, 4.69) is 54.5 Å². The van der Waals surface area contributed by atoms with Gasteiger partial charge in [-0.3, -0.25) is 0 Å². The lowest BCUT2D eigenvalue weighted by molar-refractivity contribution is 0.448. The number of hydrogen-bond donors (Lipinski definition) is 2. The summed E-state index contributed by atoms with van der Waals surface area (Å²) < 4.78 is 0. The molecule has 0 radical (unpaired) electrons. The van der Waals surface area contributed by atoms with E-state index in [1.807, 2.05) is 0 Å². The van der Waals surface area contributed by atoms with Gasteiger partial charge < -0.3 is 10.3 Å². The summed E-state index contributed by atoms with van der Waals surface area (Å²) in [4.78, 5) is 8.53. The van der Waals surface area contributed by atoms with E-state index in [1.54, 1.807) is 0 Å². The standard InChI is InChI=1S/C17H23N3/c1-12(2)15-16(13-7-4-3-5-8-13)20-17(19-15)14-9-6-10-18-11-14/h3-5,7-8,12,14,18H,6,9-11H2,1-2H3,(H,19,20). The van der Waals surface area contributed by atoms with Crippen molar-refractivity contribution in [2.45, 2.75) is 38.5 Å². The van der Waals surface area contributed by atoms with Gasteiger partial charge >= 0.3 is 0 Å². The van der Waals surface area contributed by atoms with Crippen LogP contribution in [0.5, 0.6) is 0 Å². The minimum Gasteiger partial charge on any atom is -0.345 e. The molecule has 2 aromatic rings. The number of hydrogen-bond acceptors (Lipinski definition) is 2. The second-order valence-corrected chi connectivity index (χ2v) is 5.95. The molecular formula is C17H23N3. The average Bonchev–Trinajstić information content (AvgIpc) is 2.94. The summed E-state index contributed by atoms with van der Waals surface area (Å²) in [6.45, 7) is 6.63. The first-order valence-corrected chi connectivity index (χ1v) is 7.61. The molecule has 106 valence electrons. The van der Waals surface area contributed by atoms with Crippen molar-refractivity contribution in [3.8, 4) is 11.3 Å². The number of aromatic amines is 1. The van der Waals surface area contributed by atoms with E-state index in [9.17, 15) is 0 Å². The van der Waals surface area contributed by atoms with Crippen molar-refractivity contribution in [3.63, 3.8) is 0 Å². The maximum atomic E-state index is 4.93. The number of piperidine rings is 1. The third kappa shape index (κ3) is 2.63. The molecule has 0 bridgehead atoms. The van der Waals surface area contributed by atoms with Crippen LogP contribution in [0.2, 0.25) is 0 Å². The Morgan fingerprint density at radius 1 is 1.20 bits per heavy atom. The van der Waals surface area contributed by atoms with E-state index < -0.39 is 0 Å². The predicted molar refractivity (Wildman–Crippen MR) is 83.0 cm³/mol. The first kappa shape index (κ1) is 13.4. The molecule has 2 heterocycles. The first-order chi connectivity index (χ1) is 9.75. The third-order valence-corrected chi connectivity index (χ3v) is 4.06. The second kappa shape index (κ2) is 5.80. The first-order valence-electron chi connectivity index (χ1n) is 7.61. The molecule has 3 heteroatoms. The zero-order valence-corrected chi connectivity index (χ0v) is 12.3. The van der Waals surface area contributed by atoms with Gasteiger partial charge in [0.2, 0.25) is 0 Å². The number of benzene rings is 1. The number of nitrogens with zero attached hydrogens (tertiary/aromatic N) is 1. The van der Waals surface area contributed by atoms with E-state index in [0.717, 1.165) is 24.6 Å². The highest BCUT2D eigenvalue weighted by Crippen LogP contribution is 2.30. The van der Waals surface area contributed by atoms with Gasteiger partial charge in [0.1, 0.15) is 5.82 Å². The molecule has 0 saturated carbocycles. The molecule has 20 heavy (non-hydrogen) atoms. The maximum absolute atomic E-state index is 4.93. The van der Waals surface area contributed by atoms with Gasteiger partial charge in [-0.05, 0) is 25.3 Å². The summed E-state index contributed by atoms with van der Waals surface area (Å²) in [5.41, 5.74) is 3.60. The van der Waals surface area contributed by atoms with Gasteiger partial charge in [-0.1, -0.05) is 44.2 Å². The molecular weight excluding hydrogens is 246 g/mol. The van der Waals surface area contributed by atoms with E-state index in [4.69, 9.17) is 4.98 Å². The Kier molecular flexibility index (Phi) is 3.88. The molecule has 1 aromatic carbocycles. The Labute approximate surface area is 120 Å². The fraction of sp³-hybridized carbons (Fsp3) is 0.471. The predicted octanol–water partition coefficient (Wildman–Crippen LogP) is 3.67. The highest BCUT2D eigenvalue weighted by molar-refractivity contribution is 5.62. The Morgan fingerprint density at radius 2 is 2.00 bits per heavy atom. The highest BCUT2D eigenvalue weighted by atomic mass is 15.0. The largest absolute Gasteiger partial charge is 0.345 e. The van der Waals surface area contributed by atoms with E-state index in [1.165, 1.54) is 24.1 Å². The zero-order chi connectivity index (χ0) is 13.9. The monoisotopic (exact) mass is 269 g/mol. The molecule has 2 N–H and O–H groups in total. The number of nitrogens with one attached hydrogen (secondary N) is 2. The van der Waals surface area contributed by atoms with Crippen molar-refractivity contribution in [3.05, 3.63) is 41.9 Å². The molecule has 1 unspecified atom stereocenters. The summed E-state index contributed by atoms with van der Waals surface area (Å²) in [6.07, 6.45) is 2.47. The summed E-state index contributed by atoms with van der Waals surface area (Å²) >= 11 is 0. The van der Waals surface area contributed by atoms with Crippen molar-refractivity contribution >= 4 is 0 Å². The molecule has 3 nitrogen and oxygen atoms in total. The fourth-order valence-electron chi connectivity index (χ4n) is 2.92. The van der Waals surface area contributed by atoms with Gasteiger partial charge in [0.15, 0.2) is 0 Å². The van der Waals surface area contributed by atoms with E-state index in [0.29, 0.717) is 11.8 Å². The van der Waals surface area contributed by atoms with Crippen molar-refractivity contribution < 1.29 is 0 Å². The molecule has 0 amide bonds. The SMILES string of the molecule is CC(C)c1[nH]c(C2CCCNC2)nc1-c1ccccc1. The van der Waals surface area contributed by atoms with Crippen LogP contribution < -0.4 is 5.32 Å². The van der Waals surface area contributed by atoms with Crippen molar-refractivity contribution in [1.82, 2.24) is 15.3 Å². The van der Waals surface area contributed by atoms with Crippen LogP contribution in [0, 0.1) is 0 Å². The number of imidazole rings is 1. The van der Waals surface area contributed by atoms with Crippen LogP contribution in [-0.4, -0.2) is 23.1 Å². The van der Waals surface area contributed by atoms with E-state index >= 15 is 0 Å². The van der Waals surface area contributed by atoms with Gasteiger partial charge in [0.05, 0.1) is 5.69 Å². The fourth-order valence-corrected chi connectivity index (χ4v) is 2.92. The van der Waals surface area contributed by atoms with Crippen LogP contribution >= 0.6 is 0 Å². The Hall–Kier alpha value is -1.61. The lowest BCUT2D eigenvalue weighted by atomic mass is 9.99. The smallest absolute Gasteiger partial charge is 0.111 e. The van der Waals surface area contributed by atoms with Gasteiger partial charge in [0, 0.05) is 23.7 Å².